The summed E-state index contributed by atoms with van der Waals surface area (Å²) in [5.74, 6) is -2.38. The van der Waals surface area contributed by atoms with E-state index in [0.29, 0.717) is 0 Å². The number of carbonyl (C=O) groups excluding carboxylic acids is 1. The molecule has 0 fully saturated rings. The molecule has 0 saturated carbocycles. The Balaban J connectivity index is 2.85. The van der Waals surface area contributed by atoms with Gasteiger partial charge in [0.25, 0.3) is 0 Å². The Hall–Kier alpha value is -2.45. The van der Waals surface area contributed by atoms with E-state index in [4.69, 9.17) is 5.11 Å². The van der Waals surface area contributed by atoms with E-state index in [1.165, 1.54) is 10.9 Å². The number of aromatic nitrogens is 2. The molecule has 0 radical (unpaired) electrons. The summed E-state index contributed by atoms with van der Waals surface area (Å²) >= 11 is 0. The fraction of sp³-hybridized carbons (Fsp3) is 0.500. The lowest BCUT2D eigenvalue weighted by molar-refractivity contribution is -0.390. The Morgan fingerprint density at radius 3 is 2.79 bits per heavy atom. The average Bonchev–Trinajstić information content (AvgIpc) is 2.73. The fourth-order valence-corrected chi connectivity index (χ4v) is 1.41. The first-order valence-electron chi connectivity index (χ1n) is 5.56. The summed E-state index contributed by atoms with van der Waals surface area (Å²) in [6.07, 6.45) is 1.37. The van der Waals surface area contributed by atoms with Gasteiger partial charge < -0.3 is 20.0 Å². The molecule has 9 nitrogen and oxygen atoms in total. The number of hydrogen-bond acceptors (Lipinski definition) is 6. The molecule has 0 spiro atoms. The number of nitrogens with zero attached hydrogens (tertiary/aromatic N) is 3. The van der Waals surface area contributed by atoms with Gasteiger partial charge in [-0.05, 0) is 18.3 Å². The number of rotatable bonds is 7. The number of carboxylic acids is 1. The van der Waals surface area contributed by atoms with Gasteiger partial charge in [-0.25, -0.2) is 4.79 Å². The van der Waals surface area contributed by atoms with E-state index in [-0.39, 0.29) is 31.6 Å². The lowest BCUT2D eigenvalue weighted by Gasteiger charge is -1.97. The molecule has 9 heteroatoms. The predicted molar refractivity (Wildman–Crippen MR) is 61.7 cm³/mol. The van der Waals surface area contributed by atoms with Gasteiger partial charge in [0.15, 0.2) is 5.56 Å². The largest absolute Gasteiger partial charge is 0.481 e. The highest BCUT2D eigenvalue weighted by atomic mass is 16.6. The molecule has 1 aromatic heterocycles. The number of ether oxygens (including phenoxy) is 1. The molecule has 0 aliphatic heterocycles. The molecule has 0 aliphatic carbocycles. The van der Waals surface area contributed by atoms with Gasteiger partial charge in [0, 0.05) is 6.42 Å². The number of esters is 1. The number of carboxylic acid groups (broad SMARTS) is 1. The fourth-order valence-electron chi connectivity index (χ4n) is 1.41. The highest BCUT2D eigenvalue weighted by Gasteiger charge is 2.27. The Morgan fingerprint density at radius 1 is 1.58 bits per heavy atom. The van der Waals surface area contributed by atoms with Crippen LogP contribution in [-0.4, -0.2) is 38.4 Å². The molecular weight excluding hydrogens is 258 g/mol. The Labute approximate surface area is 107 Å². The monoisotopic (exact) mass is 271 g/mol. The van der Waals surface area contributed by atoms with Crippen LogP contribution in [0, 0.1) is 10.1 Å². The van der Waals surface area contributed by atoms with Crippen LogP contribution >= 0.6 is 0 Å². The van der Waals surface area contributed by atoms with E-state index in [9.17, 15) is 19.7 Å². The minimum absolute atomic E-state index is 0.0810. The number of aliphatic carboxylic acids is 1. The Kier molecular flexibility index (Phi) is 4.98. The first-order valence-corrected chi connectivity index (χ1v) is 5.56. The number of aryl methyl sites for hydroxylation is 1. The van der Waals surface area contributed by atoms with Crippen LogP contribution in [0.15, 0.2) is 6.20 Å². The van der Waals surface area contributed by atoms with Crippen molar-refractivity contribution in [1.82, 2.24) is 9.78 Å². The van der Waals surface area contributed by atoms with Crippen LogP contribution in [0.4, 0.5) is 5.82 Å². The van der Waals surface area contributed by atoms with Crippen molar-refractivity contribution in [2.24, 2.45) is 0 Å². The third-order valence-electron chi connectivity index (χ3n) is 2.19. The van der Waals surface area contributed by atoms with Gasteiger partial charge in [-0.15, -0.1) is 0 Å². The second-order valence-electron chi connectivity index (χ2n) is 3.60. The molecule has 0 aromatic carbocycles. The standard InChI is InChI=1S/C10H13N3O6/c1-2-19-10(16)7-6-12(5-3-4-8(14)15)11-9(7)13(17)18/h6H,2-5H2,1H3,(H,14,15). The van der Waals surface area contributed by atoms with Gasteiger partial charge in [0.2, 0.25) is 0 Å². The van der Waals surface area contributed by atoms with Crippen molar-refractivity contribution in [3.8, 4) is 0 Å². The molecule has 19 heavy (non-hydrogen) atoms. The molecule has 0 unspecified atom stereocenters. The van der Waals surface area contributed by atoms with E-state index in [1.54, 1.807) is 6.92 Å². The van der Waals surface area contributed by atoms with E-state index >= 15 is 0 Å². The van der Waals surface area contributed by atoms with Gasteiger partial charge in [-0.1, -0.05) is 0 Å². The van der Waals surface area contributed by atoms with Crippen LogP contribution in [0.25, 0.3) is 0 Å². The van der Waals surface area contributed by atoms with Gasteiger partial charge >= 0.3 is 17.8 Å². The summed E-state index contributed by atoms with van der Waals surface area (Å²) in [7, 11) is 0. The lowest BCUT2D eigenvalue weighted by atomic mass is 10.3. The van der Waals surface area contributed by atoms with Gasteiger partial charge in [0.05, 0.1) is 24.4 Å². The maximum atomic E-state index is 11.5. The second kappa shape index (κ2) is 6.47. The van der Waals surface area contributed by atoms with Crippen molar-refractivity contribution >= 4 is 17.8 Å². The van der Waals surface area contributed by atoms with Crippen LogP contribution < -0.4 is 0 Å². The van der Waals surface area contributed by atoms with Crippen molar-refractivity contribution < 1.29 is 24.4 Å². The van der Waals surface area contributed by atoms with E-state index in [1.807, 2.05) is 0 Å². The molecule has 0 saturated heterocycles. The number of nitro groups is 1. The van der Waals surface area contributed by atoms with E-state index in [0.717, 1.165) is 0 Å². The molecule has 0 aliphatic rings. The molecule has 1 N–H and O–H groups in total. The molecule has 0 amide bonds. The summed E-state index contributed by atoms with van der Waals surface area (Å²) in [6, 6.07) is 0. The van der Waals surface area contributed by atoms with Gasteiger partial charge in [0.1, 0.15) is 0 Å². The highest BCUT2D eigenvalue weighted by Crippen LogP contribution is 2.17. The summed E-state index contributed by atoms with van der Waals surface area (Å²) in [5, 5.41) is 22.9. The molecular formula is C10H13N3O6. The maximum absolute atomic E-state index is 11.5. The minimum Gasteiger partial charge on any atom is -0.481 e. The molecule has 1 heterocycles. The maximum Gasteiger partial charge on any atom is 0.404 e. The lowest BCUT2D eigenvalue weighted by Crippen LogP contribution is -2.06. The summed E-state index contributed by atoms with van der Waals surface area (Å²) in [6.45, 7) is 1.85. The second-order valence-corrected chi connectivity index (χ2v) is 3.60. The van der Waals surface area contributed by atoms with Crippen molar-refractivity contribution in [1.29, 1.82) is 0 Å². The zero-order valence-corrected chi connectivity index (χ0v) is 10.2. The number of carbonyl (C=O) groups is 2. The van der Waals surface area contributed by atoms with Crippen LogP contribution in [-0.2, 0) is 16.1 Å². The Morgan fingerprint density at radius 2 is 2.26 bits per heavy atom. The van der Waals surface area contributed by atoms with Crippen molar-refractivity contribution in [3.05, 3.63) is 21.9 Å². The predicted octanol–water partition coefficient (Wildman–Crippen LogP) is 0.833. The molecule has 104 valence electrons. The molecule has 1 rings (SSSR count). The van der Waals surface area contributed by atoms with E-state index < -0.39 is 22.7 Å². The third-order valence-corrected chi connectivity index (χ3v) is 2.19. The smallest absolute Gasteiger partial charge is 0.404 e. The topological polar surface area (TPSA) is 125 Å². The molecule has 0 bridgehead atoms. The van der Waals surface area contributed by atoms with Crippen LogP contribution in [0.5, 0.6) is 0 Å². The van der Waals surface area contributed by atoms with Gasteiger partial charge in [-0.3, -0.25) is 4.79 Å². The van der Waals surface area contributed by atoms with Crippen molar-refractivity contribution in [2.75, 3.05) is 6.61 Å². The number of hydrogen-bond donors (Lipinski definition) is 1. The summed E-state index contributed by atoms with van der Waals surface area (Å²) < 4.78 is 5.86. The van der Waals surface area contributed by atoms with E-state index in [2.05, 4.69) is 9.84 Å². The highest BCUT2D eigenvalue weighted by molar-refractivity contribution is 5.92. The first kappa shape index (κ1) is 14.6. The quantitative estimate of drug-likeness (QED) is 0.442. The average molecular weight is 271 g/mol. The zero-order valence-electron chi connectivity index (χ0n) is 10.2. The third kappa shape index (κ3) is 4.05. The van der Waals surface area contributed by atoms with Gasteiger partial charge in [-0.2, -0.15) is 4.68 Å². The summed E-state index contributed by atoms with van der Waals surface area (Å²) in [5.41, 5.74) is -0.234. The van der Waals surface area contributed by atoms with Crippen molar-refractivity contribution in [2.45, 2.75) is 26.3 Å². The first-order chi connectivity index (χ1) is 8.95. The zero-order chi connectivity index (χ0) is 14.4. The van der Waals surface area contributed by atoms with Crippen LogP contribution in [0.3, 0.4) is 0 Å². The molecule has 1 aromatic rings. The Bertz CT molecular complexity index is 495. The summed E-state index contributed by atoms with van der Waals surface area (Å²) in [4.78, 5) is 31.8. The molecule has 0 atom stereocenters. The SMILES string of the molecule is CCOC(=O)c1cn(CCCC(=O)O)nc1[N+](=O)[O-]. The minimum atomic E-state index is -0.965. The van der Waals surface area contributed by atoms with Crippen LogP contribution in [0.2, 0.25) is 0 Å². The van der Waals surface area contributed by atoms with Crippen LogP contribution in [0.1, 0.15) is 30.1 Å². The van der Waals surface area contributed by atoms with Crippen molar-refractivity contribution in [3.63, 3.8) is 0 Å². The normalized spacial score (nSPS) is 10.2.